The molecule has 0 saturated carbocycles. The Bertz CT molecular complexity index is 935. The standard InChI is InChI=1S/C23H26N2O3/c1-15-11-18(24)8-9-22(15)28-20-13-17(12-19(26)14-20)23(27)25-10-4-6-16-5-2-3-7-21(16)25/h7-9,11-14,16,26H,2-6,10,24H2,1H3. The lowest BCUT2D eigenvalue weighted by Gasteiger charge is -2.38. The van der Waals surface area contributed by atoms with Gasteiger partial charge in [-0.3, -0.25) is 4.79 Å². The second kappa shape index (κ2) is 7.58. The number of nitrogens with two attached hydrogens (primary N) is 1. The molecule has 0 spiro atoms. The predicted octanol–water partition coefficient (Wildman–Crippen LogP) is 5.00. The number of benzene rings is 2. The molecule has 0 bridgehead atoms. The number of fused-ring (bicyclic) bond motifs is 1. The van der Waals surface area contributed by atoms with Crippen molar-refractivity contribution >= 4 is 11.6 Å². The molecule has 1 heterocycles. The molecule has 146 valence electrons. The maximum Gasteiger partial charge on any atom is 0.258 e. The first kappa shape index (κ1) is 18.4. The van der Waals surface area contributed by atoms with Gasteiger partial charge in [0, 0.05) is 29.6 Å². The fourth-order valence-electron chi connectivity index (χ4n) is 4.23. The molecule has 2 aliphatic rings. The Hall–Kier alpha value is -2.95. The van der Waals surface area contributed by atoms with Crippen molar-refractivity contribution in [2.24, 2.45) is 5.92 Å². The minimum absolute atomic E-state index is 0.0140. The molecule has 1 aliphatic heterocycles. The molecule has 2 aromatic carbocycles. The van der Waals surface area contributed by atoms with Crippen LogP contribution in [0, 0.1) is 12.8 Å². The Labute approximate surface area is 165 Å². The topological polar surface area (TPSA) is 75.8 Å². The van der Waals surface area contributed by atoms with Gasteiger partial charge in [0.1, 0.15) is 17.2 Å². The quantitative estimate of drug-likeness (QED) is 0.737. The Balaban J connectivity index is 1.61. The number of carbonyl (C=O) groups is 1. The number of rotatable bonds is 3. The number of anilines is 1. The molecule has 1 amide bonds. The number of nitrogens with zero attached hydrogens (tertiary/aromatic N) is 1. The van der Waals surface area contributed by atoms with Crippen LogP contribution in [0.2, 0.25) is 0 Å². The summed E-state index contributed by atoms with van der Waals surface area (Å²) in [6.07, 6.45) is 7.76. The fourth-order valence-corrected chi connectivity index (χ4v) is 4.23. The van der Waals surface area contributed by atoms with Crippen LogP contribution >= 0.6 is 0 Å². The second-order valence-corrected chi connectivity index (χ2v) is 7.70. The van der Waals surface area contributed by atoms with Gasteiger partial charge in [0.15, 0.2) is 0 Å². The van der Waals surface area contributed by atoms with Crippen LogP contribution in [0.3, 0.4) is 0 Å². The highest BCUT2D eigenvalue weighted by Crippen LogP contribution is 2.37. The van der Waals surface area contributed by atoms with E-state index in [-0.39, 0.29) is 11.7 Å². The van der Waals surface area contributed by atoms with Crippen molar-refractivity contribution in [1.82, 2.24) is 4.90 Å². The zero-order valence-electron chi connectivity index (χ0n) is 16.1. The van der Waals surface area contributed by atoms with E-state index in [0.29, 0.717) is 28.7 Å². The third-order valence-electron chi connectivity index (χ3n) is 5.58. The van der Waals surface area contributed by atoms with E-state index < -0.39 is 0 Å². The lowest BCUT2D eigenvalue weighted by Crippen LogP contribution is -2.38. The summed E-state index contributed by atoms with van der Waals surface area (Å²) in [5.74, 6) is 1.50. The van der Waals surface area contributed by atoms with E-state index in [1.54, 1.807) is 18.2 Å². The highest BCUT2D eigenvalue weighted by atomic mass is 16.5. The van der Waals surface area contributed by atoms with Gasteiger partial charge < -0.3 is 20.5 Å². The maximum atomic E-state index is 13.2. The van der Waals surface area contributed by atoms with Gasteiger partial charge in [-0.2, -0.15) is 0 Å². The van der Waals surface area contributed by atoms with Crippen molar-refractivity contribution in [2.45, 2.75) is 39.0 Å². The van der Waals surface area contributed by atoms with Crippen LogP contribution in [0.5, 0.6) is 17.2 Å². The fraction of sp³-hybridized carbons (Fsp3) is 0.348. The van der Waals surface area contributed by atoms with Gasteiger partial charge in [0.25, 0.3) is 5.91 Å². The molecule has 1 atom stereocenters. The number of hydrogen-bond donors (Lipinski definition) is 2. The number of likely N-dealkylation sites (tertiary alicyclic amines) is 1. The monoisotopic (exact) mass is 378 g/mol. The summed E-state index contributed by atoms with van der Waals surface area (Å²) in [5, 5.41) is 10.2. The normalized spacial score (nSPS) is 19.0. The minimum Gasteiger partial charge on any atom is -0.508 e. The maximum absolute atomic E-state index is 13.2. The van der Waals surface area contributed by atoms with Crippen molar-refractivity contribution in [2.75, 3.05) is 12.3 Å². The number of nitrogen functional groups attached to an aromatic ring is 1. The summed E-state index contributed by atoms with van der Waals surface area (Å²) >= 11 is 0. The van der Waals surface area contributed by atoms with Crippen LogP contribution in [0.25, 0.3) is 0 Å². The Kier molecular flexibility index (Phi) is 4.99. The number of carbonyl (C=O) groups excluding carboxylic acids is 1. The summed E-state index contributed by atoms with van der Waals surface area (Å²) in [6.45, 7) is 2.63. The molecule has 5 nitrogen and oxygen atoms in total. The minimum atomic E-state index is -0.0763. The number of allylic oxidation sites excluding steroid dienone is 2. The van der Waals surface area contributed by atoms with Gasteiger partial charge in [-0.1, -0.05) is 6.08 Å². The molecule has 1 aliphatic carbocycles. The first-order valence-electron chi connectivity index (χ1n) is 9.91. The van der Waals surface area contributed by atoms with Gasteiger partial charge in [-0.25, -0.2) is 0 Å². The van der Waals surface area contributed by atoms with Crippen LogP contribution in [0.1, 0.15) is 48.0 Å². The largest absolute Gasteiger partial charge is 0.508 e. The second-order valence-electron chi connectivity index (χ2n) is 7.70. The van der Waals surface area contributed by atoms with E-state index >= 15 is 0 Å². The SMILES string of the molecule is Cc1cc(N)ccc1Oc1cc(O)cc(C(=O)N2CCCC3CCCC=C32)c1. The first-order chi connectivity index (χ1) is 13.5. The summed E-state index contributed by atoms with van der Waals surface area (Å²) < 4.78 is 5.93. The molecule has 2 aromatic rings. The third-order valence-corrected chi connectivity index (χ3v) is 5.58. The molecular formula is C23H26N2O3. The van der Waals surface area contributed by atoms with Gasteiger partial charge in [0.05, 0.1) is 0 Å². The number of ether oxygens (including phenoxy) is 1. The third kappa shape index (κ3) is 3.70. The highest BCUT2D eigenvalue weighted by molar-refractivity contribution is 5.96. The molecule has 0 aromatic heterocycles. The van der Waals surface area contributed by atoms with Crippen LogP contribution in [0.4, 0.5) is 5.69 Å². The smallest absolute Gasteiger partial charge is 0.258 e. The van der Waals surface area contributed by atoms with E-state index in [2.05, 4.69) is 6.08 Å². The van der Waals surface area contributed by atoms with Gasteiger partial charge in [0.2, 0.25) is 0 Å². The Morgan fingerprint density at radius 1 is 1.18 bits per heavy atom. The number of phenolic OH excluding ortho intramolecular Hbond substituents is 1. The molecule has 3 N–H and O–H groups in total. The van der Waals surface area contributed by atoms with Crippen molar-refractivity contribution in [3.05, 3.63) is 59.3 Å². The van der Waals surface area contributed by atoms with Crippen LogP contribution in [0.15, 0.2) is 48.2 Å². The number of hydrogen-bond acceptors (Lipinski definition) is 4. The first-order valence-corrected chi connectivity index (χ1v) is 9.91. The van der Waals surface area contributed by atoms with Crippen LogP contribution < -0.4 is 10.5 Å². The number of amides is 1. The van der Waals surface area contributed by atoms with Gasteiger partial charge >= 0.3 is 0 Å². The summed E-state index contributed by atoms with van der Waals surface area (Å²) in [5.41, 5.74) is 8.94. The summed E-state index contributed by atoms with van der Waals surface area (Å²) in [6, 6.07) is 10.1. The van der Waals surface area contributed by atoms with Gasteiger partial charge in [-0.15, -0.1) is 0 Å². The number of aryl methyl sites for hydroxylation is 1. The van der Waals surface area contributed by atoms with E-state index in [1.807, 2.05) is 17.9 Å². The Morgan fingerprint density at radius 3 is 2.82 bits per heavy atom. The average molecular weight is 378 g/mol. The van der Waals surface area contributed by atoms with E-state index in [0.717, 1.165) is 43.5 Å². The van der Waals surface area contributed by atoms with Crippen molar-refractivity contribution in [3.8, 4) is 17.2 Å². The zero-order chi connectivity index (χ0) is 19.7. The highest BCUT2D eigenvalue weighted by Gasteiger charge is 2.31. The molecule has 5 heteroatoms. The number of aromatic hydroxyl groups is 1. The van der Waals surface area contributed by atoms with Crippen molar-refractivity contribution in [1.29, 1.82) is 0 Å². The predicted molar refractivity (Wildman–Crippen MR) is 109 cm³/mol. The molecule has 1 fully saturated rings. The van der Waals surface area contributed by atoms with Crippen LogP contribution in [-0.4, -0.2) is 22.5 Å². The van der Waals surface area contributed by atoms with Crippen molar-refractivity contribution in [3.63, 3.8) is 0 Å². The lowest BCUT2D eigenvalue weighted by molar-refractivity contribution is 0.0748. The average Bonchev–Trinajstić information content (AvgIpc) is 2.69. The molecule has 1 saturated heterocycles. The van der Waals surface area contributed by atoms with Gasteiger partial charge in [-0.05, 0) is 80.8 Å². The van der Waals surface area contributed by atoms with E-state index in [9.17, 15) is 9.90 Å². The zero-order valence-corrected chi connectivity index (χ0v) is 16.1. The molecular weight excluding hydrogens is 352 g/mol. The van der Waals surface area contributed by atoms with E-state index in [4.69, 9.17) is 10.5 Å². The summed E-state index contributed by atoms with van der Waals surface area (Å²) in [4.78, 5) is 15.1. The number of piperidine rings is 1. The molecule has 1 unspecified atom stereocenters. The van der Waals surface area contributed by atoms with Crippen molar-refractivity contribution < 1.29 is 14.6 Å². The number of phenols is 1. The Morgan fingerprint density at radius 2 is 2.00 bits per heavy atom. The van der Waals surface area contributed by atoms with E-state index in [1.165, 1.54) is 18.6 Å². The molecule has 0 radical (unpaired) electrons. The molecule has 4 rings (SSSR count). The van der Waals surface area contributed by atoms with Crippen LogP contribution in [-0.2, 0) is 0 Å². The summed E-state index contributed by atoms with van der Waals surface area (Å²) in [7, 11) is 0. The molecule has 28 heavy (non-hydrogen) atoms. The lowest BCUT2D eigenvalue weighted by atomic mass is 9.84.